The Labute approximate surface area is 184 Å². The molecule has 0 aliphatic carbocycles. The first-order chi connectivity index (χ1) is 14.3. The minimum atomic E-state index is -0.580. The molecule has 1 fully saturated rings. The maximum Gasteiger partial charge on any atom is 0.311 e. The minimum Gasteiger partial charge on any atom is -0.455 e. The van der Waals surface area contributed by atoms with Crippen molar-refractivity contribution in [2.45, 2.75) is 33.6 Å². The van der Waals surface area contributed by atoms with E-state index in [9.17, 15) is 14.4 Å². The number of rotatable bonds is 6. The van der Waals surface area contributed by atoms with Gasteiger partial charge in [-0.1, -0.05) is 35.0 Å². The molecule has 2 amide bonds. The first-order valence-corrected chi connectivity index (χ1v) is 10.7. The summed E-state index contributed by atoms with van der Waals surface area (Å²) >= 11 is 3.41. The Morgan fingerprint density at radius 3 is 2.70 bits per heavy atom. The number of ether oxygens (including phenoxy) is 1. The molecular weight excluding hydrogens is 448 g/mol. The third kappa shape index (κ3) is 5.08. The van der Waals surface area contributed by atoms with Gasteiger partial charge in [-0.3, -0.25) is 14.4 Å². The number of hydrogen-bond acceptors (Lipinski definition) is 4. The van der Waals surface area contributed by atoms with Crippen molar-refractivity contribution in [1.29, 1.82) is 0 Å². The number of halogens is 1. The van der Waals surface area contributed by atoms with E-state index in [2.05, 4.69) is 21.2 Å². The topological polar surface area (TPSA) is 75.7 Å². The van der Waals surface area contributed by atoms with Gasteiger partial charge in [0, 0.05) is 28.8 Å². The molecule has 0 aromatic heterocycles. The van der Waals surface area contributed by atoms with E-state index in [0.29, 0.717) is 5.69 Å². The molecule has 30 heavy (non-hydrogen) atoms. The molecule has 1 saturated heterocycles. The molecule has 1 aliphatic heterocycles. The third-order valence-corrected chi connectivity index (χ3v) is 5.67. The van der Waals surface area contributed by atoms with Crippen LogP contribution in [0.4, 0.5) is 11.4 Å². The average Bonchev–Trinajstić information content (AvgIpc) is 3.10. The highest BCUT2D eigenvalue weighted by atomic mass is 79.9. The van der Waals surface area contributed by atoms with Gasteiger partial charge in [0.25, 0.3) is 5.91 Å². The highest BCUT2D eigenvalue weighted by molar-refractivity contribution is 9.10. The zero-order valence-electron chi connectivity index (χ0n) is 17.3. The van der Waals surface area contributed by atoms with Crippen LogP contribution in [0, 0.1) is 19.8 Å². The molecule has 158 valence electrons. The van der Waals surface area contributed by atoms with Gasteiger partial charge in [-0.2, -0.15) is 0 Å². The normalized spacial score (nSPS) is 15.9. The summed E-state index contributed by atoms with van der Waals surface area (Å²) in [4.78, 5) is 38.8. The van der Waals surface area contributed by atoms with Crippen molar-refractivity contribution in [1.82, 2.24) is 0 Å². The molecule has 1 N–H and O–H groups in total. The molecule has 0 unspecified atom stereocenters. The molecule has 0 spiro atoms. The van der Waals surface area contributed by atoms with Crippen LogP contribution in [-0.2, 0) is 25.5 Å². The Kier molecular flexibility index (Phi) is 6.92. The van der Waals surface area contributed by atoms with E-state index in [0.717, 1.165) is 33.3 Å². The van der Waals surface area contributed by atoms with Crippen molar-refractivity contribution in [2.75, 3.05) is 23.4 Å². The van der Waals surface area contributed by atoms with E-state index >= 15 is 0 Å². The third-order valence-electron chi connectivity index (χ3n) is 5.18. The van der Waals surface area contributed by atoms with Crippen molar-refractivity contribution < 1.29 is 19.1 Å². The van der Waals surface area contributed by atoms with Crippen molar-refractivity contribution in [2.24, 2.45) is 5.92 Å². The number of esters is 1. The number of nitrogens with one attached hydrogen (secondary N) is 1. The molecular formula is C23H25BrN2O4. The van der Waals surface area contributed by atoms with Crippen LogP contribution in [0.5, 0.6) is 0 Å². The summed E-state index contributed by atoms with van der Waals surface area (Å²) in [6, 6.07) is 11.5. The summed E-state index contributed by atoms with van der Waals surface area (Å²) in [5, 5.41) is 2.78. The number of carbonyl (C=O) groups excluding carboxylic acids is 3. The fourth-order valence-electron chi connectivity index (χ4n) is 3.53. The number of aryl methyl sites for hydroxylation is 3. The lowest BCUT2D eigenvalue weighted by molar-refractivity contribution is -0.151. The second-order valence-electron chi connectivity index (χ2n) is 7.51. The number of amides is 2. The second kappa shape index (κ2) is 9.43. The van der Waals surface area contributed by atoms with Crippen molar-refractivity contribution in [3.05, 3.63) is 57.6 Å². The van der Waals surface area contributed by atoms with Crippen LogP contribution in [0.3, 0.4) is 0 Å². The Bertz CT molecular complexity index is 989. The van der Waals surface area contributed by atoms with Crippen LogP contribution in [0.1, 0.15) is 30.0 Å². The lowest BCUT2D eigenvalue weighted by Gasteiger charge is -2.19. The lowest BCUT2D eigenvalue weighted by atomic mass is 10.1. The molecule has 1 aliphatic rings. The summed E-state index contributed by atoms with van der Waals surface area (Å²) in [7, 11) is 0. The fraction of sp³-hybridized carbons (Fsp3) is 0.348. The standard InChI is InChI=1S/C23H25BrN2O4/c1-4-16-10-18(24)7-8-19(16)25-21(27)13-30-23(29)17-11-22(28)26(12-17)20-9-14(2)5-6-15(20)3/h5-10,17H,4,11-13H2,1-3H3,(H,25,27)/t17-/m0/s1. The maximum absolute atomic E-state index is 12.5. The van der Waals surface area contributed by atoms with Crippen molar-refractivity contribution >= 4 is 45.1 Å². The zero-order valence-corrected chi connectivity index (χ0v) is 18.9. The van der Waals surface area contributed by atoms with E-state index in [1.807, 2.05) is 51.1 Å². The molecule has 0 radical (unpaired) electrons. The Morgan fingerprint density at radius 1 is 1.20 bits per heavy atom. The van der Waals surface area contributed by atoms with Crippen LogP contribution < -0.4 is 10.2 Å². The molecule has 0 saturated carbocycles. The van der Waals surface area contributed by atoms with E-state index in [1.165, 1.54) is 0 Å². The van der Waals surface area contributed by atoms with Gasteiger partial charge >= 0.3 is 5.97 Å². The quantitative estimate of drug-likeness (QED) is 0.640. The molecule has 7 heteroatoms. The summed E-state index contributed by atoms with van der Waals surface area (Å²) in [5.41, 5.74) is 4.51. The van der Waals surface area contributed by atoms with Gasteiger partial charge in [-0.25, -0.2) is 0 Å². The van der Waals surface area contributed by atoms with Crippen molar-refractivity contribution in [3.63, 3.8) is 0 Å². The van der Waals surface area contributed by atoms with Gasteiger partial charge < -0.3 is 15.0 Å². The largest absolute Gasteiger partial charge is 0.455 e. The van der Waals surface area contributed by atoms with Gasteiger partial charge in [-0.05, 0) is 61.2 Å². The molecule has 2 aromatic carbocycles. The van der Waals surface area contributed by atoms with E-state index in [4.69, 9.17) is 4.74 Å². The van der Waals surface area contributed by atoms with Crippen molar-refractivity contribution in [3.8, 4) is 0 Å². The van der Waals surface area contributed by atoms with Gasteiger partial charge in [0.05, 0.1) is 5.92 Å². The number of benzene rings is 2. The lowest BCUT2D eigenvalue weighted by Crippen LogP contribution is -2.28. The number of nitrogens with zero attached hydrogens (tertiary/aromatic N) is 1. The molecule has 0 bridgehead atoms. The van der Waals surface area contributed by atoms with Crippen LogP contribution in [0.2, 0.25) is 0 Å². The summed E-state index contributed by atoms with van der Waals surface area (Å²) in [6.45, 7) is 5.77. The summed E-state index contributed by atoms with van der Waals surface area (Å²) < 4.78 is 6.14. The molecule has 2 aromatic rings. The molecule has 1 heterocycles. The van der Waals surface area contributed by atoms with E-state index in [1.54, 1.807) is 11.0 Å². The van der Waals surface area contributed by atoms with E-state index < -0.39 is 17.8 Å². The smallest absolute Gasteiger partial charge is 0.311 e. The average molecular weight is 473 g/mol. The predicted octanol–water partition coefficient (Wildman–Crippen LogP) is 4.16. The summed E-state index contributed by atoms with van der Waals surface area (Å²) in [6.07, 6.45) is 0.841. The second-order valence-corrected chi connectivity index (χ2v) is 8.42. The molecule has 3 rings (SSSR count). The van der Waals surface area contributed by atoms with Gasteiger partial charge in [0.1, 0.15) is 0 Å². The summed E-state index contributed by atoms with van der Waals surface area (Å²) in [5.74, 6) is -1.63. The Hall–Kier alpha value is -2.67. The Morgan fingerprint density at radius 2 is 1.97 bits per heavy atom. The SMILES string of the molecule is CCc1cc(Br)ccc1NC(=O)COC(=O)[C@H]1CC(=O)N(c2cc(C)ccc2C)C1. The minimum absolute atomic E-state index is 0.0839. The number of hydrogen-bond donors (Lipinski definition) is 1. The van der Waals surface area contributed by atoms with E-state index in [-0.39, 0.29) is 25.5 Å². The Balaban J connectivity index is 1.57. The highest BCUT2D eigenvalue weighted by Gasteiger charge is 2.36. The predicted molar refractivity (Wildman–Crippen MR) is 119 cm³/mol. The van der Waals surface area contributed by atoms with Gasteiger partial charge in [0.15, 0.2) is 6.61 Å². The van der Waals surface area contributed by atoms with Crippen LogP contribution >= 0.6 is 15.9 Å². The van der Waals surface area contributed by atoms with Crippen LogP contribution in [0.15, 0.2) is 40.9 Å². The molecule has 1 atom stereocenters. The fourth-order valence-corrected chi connectivity index (χ4v) is 3.93. The number of carbonyl (C=O) groups is 3. The van der Waals surface area contributed by atoms with Crippen LogP contribution in [0.25, 0.3) is 0 Å². The maximum atomic E-state index is 12.5. The monoisotopic (exact) mass is 472 g/mol. The highest BCUT2D eigenvalue weighted by Crippen LogP contribution is 2.29. The first kappa shape index (κ1) is 22.0. The first-order valence-electron chi connectivity index (χ1n) is 9.91. The van der Waals surface area contributed by atoms with Gasteiger partial charge in [0.2, 0.25) is 5.91 Å². The zero-order chi connectivity index (χ0) is 21.8. The van der Waals surface area contributed by atoms with Crippen LogP contribution in [-0.4, -0.2) is 30.9 Å². The molecule has 6 nitrogen and oxygen atoms in total. The number of anilines is 2. The van der Waals surface area contributed by atoms with Gasteiger partial charge in [-0.15, -0.1) is 0 Å².